The number of aliphatic imine (C=N–C) groups is 1. The average molecular weight is 309 g/mol. The Labute approximate surface area is 139 Å². The molecule has 1 atom stereocenters. The van der Waals surface area contributed by atoms with E-state index in [1.54, 1.807) is 0 Å². The van der Waals surface area contributed by atoms with Gasteiger partial charge in [-0.3, -0.25) is 0 Å². The maximum Gasteiger partial charge on any atom is 0.196 e. The van der Waals surface area contributed by atoms with E-state index in [0.717, 1.165) is 24.6 Å². The molecule has 0 spiro atoms. The SMILES string of the molecule is CCC(C)CNC(=NCc1ccccc1)Nc1ccc(C)cc1. The van der Waals surface area contributed by atoms with Crippen LogP contribution in [0.25, 0.3) is 0 Å². The molecule has 0 radical (unpaired) electrons. The number of aryl methyl sites for hydroxylation is 1. The van der Waals surface area contributed by atoms with E-state index >= 15 is 0 Å². The fourth-order valence-corrected chi connectivity index (χ4v) is 2.08. The first-order valence-electron chi connectivity index (χ1n) is 8.33. The third kappa shape index (κ3) is 6.15. The van der Waals surface area contributed by atoms with Crippen LogP contribution >= 0.6 is 0 Å². The van der Waals surface area contributed by atoms with Crippen LogP contribution in [0.4, 0.5) is 5.69 Å². The monoisotopic (exact) mass is 309 g/mol. The van der Waals surface area contributed by atoms with Crippen LogP contribution in [-0.4, -0.2) is 12.5 Å². The molecule has 0 aromatic heterocycles. The van der Waals surface area contributed by atoms with Crippen molar-refractivity contribution in [3.05, 3.63) is 65.7 Å². The summed E-state index contributed by atoms with van der Waals surface area (Å²) in [5, 5.41) is 6.84. The number of benzene rings is 2. The normalized spacial score (nSPS) is 12.7. The lowest BCUT2D eigenvalue weighted by Crippen LogP contribution is -2.34. The topological polar surface area (TPSA) is 36.4 Å². The molecule has 1 unspecified atom stereocenters. The molecule has 0 aliphatic rings. The number of nitrogens with one attached hydrogen (secondary N) is 2. The van der Waals surface area contributed by atoms with E-state index in [-0.39, 0.29) is 0 Å². The van der Waals surface area contributed by atoms with Crippen LogP contribution in [-0.2, 0) is 6.54 Å². The van der Waals surface area contributed by atoms with Gasteiger partial charge in [0, 0.05) is 12.2 Å². The molecule has 0 saturated heterocycles. The zero-order valence-electron chi connectivity index (χ0n) is 14.3. The van der Waals surface area contributed by atoms with Crippen molar-refractivity contribution in [1.82, 2.24) is 5.32 Å². The molecule has 2 aromatic carbocycles. The second-order valence-corrected chi connectivity index (χ2v) is 6.04. The lowest BCUT2D eigenvalue weighted by atomic mass is 10.1. The van der Waals surface area contributed by atoms with Gasteiger partial charge in [0.05, 0.1) is 6.54 Å². The van der Waals surface area contributed by atoms with Crippen molar-refractivity contribution in [3.8, 4) is 0 Å². The molecule has 2 rings (SSSR count). The first-order chi connectivity index (χ1) is 11.2. The molecule has 0 aliphatic carbocycles. The Morgan fingerprint density at radius 3 is 2.39 bits per heavy atom. The molecule has 0 amide bonds. The molecule has 3 nitrogen and oxygen atoms in total. The summed E-state index contributed by atoms with van der Waals surface area (Å²) in [6, 6.07) is 18.7. The van der Waals surface area contributed by atoms with Gasteiger partial charge in [-0.15, -0.1) is 0 Å². The molecule has 0 aliphatic heterocycles. The van der Waals surface area contributed by atoms with E-state index in [4.69, 9.17) is 4.99 Å². The zero-order chi connectivity index (χ0) is 16.5. The number of hydrogen-bond acceptors (Lipinski definition) is 1. The van der Waals surface area contributed by atoms with E-state index in [9.17, 15) is 0 Å². The van der Waals surface area contributed by atoms with Crippen LogP contribution in [0.2, 0.25) is 0 Å². The van der Waals surface area contributed by atoms with Gasteiger partial charge in [-0.25, -0.2) is 4.99 Å². The van der Waals surface area contributed by atoms with E-state index in [1.165, 1.54) is 11.1 Å². The van der Waals surface area contributed by atoms with Gasteiger partial charge in [-0.05, 0) is 30.5 Å². The van der Waals surface area contributed by atoms with Crippen molar-refractivity contribution < 1.29 is 0 Å². The van der Waals surface area contributed by atoms with Crippen LogP contribution in [0.3, 0.4) is 0 Å². The number of anilines is 1. The van der Waals surface area contributed by atoms with Crippen LogP contribution in [0, 0.1) is 12.8 Å². The molecule has 2 N–H and O–H groups in total. The predicted octanol–water partition coefficient (Wildman–Crippen LogP) is 4.60. The van der Waals surface area contributed by atoms with Crippen molar-refractivity contribution in [2.75, 3.05) is 11.9 Å². The van der Waals surface area contributed by atoms with Crippen LogP contribution in [0.1, 0.15) is 31.4 Å². The molecule has 0 fully saturated rings. The fourth-order valence-electron chi connectivity index (χ4n) is 2.08. The van der Waals surface area contributed by atoms with Gasteiger partial charge in [0.25, 0.3) is 0 Å². The zero-order valence-corrected chi connectivity index (χ0v) is 14.3. The van der Waals surface area contributed by atoms with Gasteiger partial charge < -0.3 is 10.6 Å². The summed E-state index contributed by atoms with van der Waals surface area (Å²) in [6.07, 6.45) is 1.16. The second-order valence-electron chi connectivity index (χ2n) is 6.04. The van der Waals surface area contributed by atoms with Crippen molar-refractivity contribution in [1.29, 1.82) is 0 Å². The molecule has 3 heteroatoms. The number of guanidine groups is 1. The molecule has 122 valence electrons. The van der Waals surface area contributed by atoms with Crippen molar-refractivity contribution in [2.45, 2.75) is 33.7 Å². The maximum absolute atomic E-state index is 4.71. The smallest absolute Gasteiger partial charge is 0.196 e. The van der Waals surface area contributed by atoms with Crippen molar-refractivity contribution >= 4 is 11.6 Å². The third-order valence-corrected chi connectivity index (χ3v) is 3.89. The summed E-state index contributed by atoms with van der Waals surface area (Å²) in [6.45, 7) is 8.13. The highest BCUT2D eigenvalue weighted by Gasteiger charge is 2.03. The van der Waals surface area contributed by atoms with Gasteiger partial charge in [0.2, 0.25) is 0 Å². The Hall–Kier alpha value is -2.29. The molecular weight excluding hydrogens is 282 g/mol. The Morgan fingerprint density at radius 1 is 1.04 bits per heavy atom. The number of nitrogens with zero attached hydrogens (tertiary/aromatic N) is 1. The van der Waals surface area contributed by atoms with Crippen molar-refractivity contribution in [2.24, 2.45) is 10.9 Å². The predicted molar refractivity (Wildman–Crippen MR) is 99.8 cm³/mol. The minimum absolute atomic E-state index is 0.622. The minimum Gasteiger partial charge on any atom is -0.356 e. The first-order valence-corrected chi connectivity index (χ1v) is 8.33. The Balaban J connectivity index is 2.05. The summed E-state index contributed by atoms with van der Waals surface area (Å²) in [5.41, 5.74) is 3.52. The van der Waals surface area contributed by atoms with E-state index in [0.29, 0.717) is 12.5 Å². The van der Waals surface area contributed by atoms with E-state index in [1.807, 2.05) is 18.2 Å². The average Bonchev–Trinajstić information content (AvgIpc) is 2.59. The maximum atomic E-state index is 4.71. The Kier molecular flexibility index (Phi) is 6.67. The standard InChI is InChI=1S/C20H27N3/c1-4-16(2)14-21-20(22-15-18-8-6-5-7-9-18)23-19-12-10-17(3)11-13-19/h5-13,16H,4,14-15H2,1-3H3,(H2,21,22,23). The minimum atomic E-state index is 0.622. The fraction of sp³-hybridized carbons (Fsp3) is 0.350. The number of rotatable bonds is 6. The molecule has 23 heavy (non-hydrogen) atoms. The largest absolute Gasteiger partial charge is 0.356 e. The van der Waals surface area contributed by atoms with Gasteiger partial charge in [-0.1, -0.05) is 68.3 Å². The van der Waals surface area contributed by atoms with Gasteiger partial charge >= 0.3 is 0 Å². The van der Waals surface area contributed by atoms with Gasteiger partial charge in [-0.2, -0.15) is 0 Å². The lowest BCUT2D eigenvalue weighted by molar-refractivity contribution is 0.548. The van der Waals surface area contributed by atoms with Gasteiger partial charge in [0.1, 0.15) is 0 Å². The molecular formula is C20H27N3. The van der Waals surface area contributed by atoms with Gasteiger partial charge in [0.15, 0.2) is 5.96 Å². The summed E-state index contributed by atoms with van der Waals surface area (Å²) >= 11 is 0. The summed E-state index contributed by atoms with van der Waals surface area (Å²) < 4.78 is 0. The molecule has 0 bridgehead atoms. The summed E-state index contributed by atoms with van der Waals surface area (Å²) in [5.74, 6) is 1.45. The molecule has 0 heterocycles. The first kappa shape index (κ1) is 17.1. The Morgan fingerprint density at radius 2 is 1.74 bits per heavy atom. The molecule has 0 saturated carbocycles. The highest BCUT2D eigenvalue weighted by atomic mass is 15.2. The highest BCUT2D eigenvalue weighted by Crippen LogP contribution is 2.09. The summed E-state index contributed by atoms with van der Waals surface area (Å²) in [7, 11) is 0. The number of hydrogen-bond donors (Lipinski definition) is 2. The third-order valence-electron chi connectivity index (χ3n) is 3.89. The summed E-state index contributed by atoms with van der Waals surface area (Å²) in [4.78, 5) is 4.71. The van der Waals surface area contributed by atoms with E-state index in [2.05, 4.69) is 67.8 Å². The van der Waals surface area contributed by atoms with Crippen LogP contribution in [0.15, 0.2) is 59.6 Å². The lowest BCUT2D eigenvalue weighted by Gasteiger charge is -2.15. The molecule has 2 aromatic rings. The highest BCUT2D eigenvalue weighted by molar-refractivity contribution is 5.93. The van der Waals surface area contributed by atoms with Crippen molar-refractivity contribution in [3.63, 3.8) is 0 Å². The van der Waals surface area contributed by atoms with E-state index < -0.39 is 0 Å². The van der Waals surface area contributed by atoms with Crippen LogP contribution in [0.5, 0.6) is 0 Å². The van der Waals surface area contributed by atoms with Crippen LogP contribution < -0.4 is 10.6 Å². The quantitative estimate of drug-likeness (QED) is 0.604. The second kappa shape index (κ2) is 8.99. The Bertz CT molecular complexity index is 603.